The Hall–Kier alpha value is -2.60. The van der Waals surface area contributed by atoms with Crippen LogP contribution in [0, 0.1) is 0 Å². The minimum atomic E-state index is -0.00397. The lowest BCUT2D eigenvalue weighted by Gasteiger charge is -2.30. The van der Waals surface area contributed by atoms with Crippen LogP contribution in [0.5, 0.6) is 17.4 Å². The Balaban J connectivity index is 1.48. The molecule has 1 amide bonds. The van der Waals surface area contributed by atoms with Crippen LogP contribution in [0.3, 0.4) is 0 Å². The first kappa shape index (κ1) is 16.3. The van der Waals surface area contributed by atoms with Gasteiger partial charge in [-0.1, -0.05) is 6.07 Å². The van der Waals surface area contributed by atoms with Crippen molar-refractivity contribution in [2.24, 2.45) is 5.73 Å². The third-order valence-electron chi connectivity index (χ3n) is 3.94. The smallest absolute Gasteiger partial charge is 0.260 e. The summed E-state index contributed by atoms with van der Waals surface area (Å²) in [5.74, 6) is 1.82. The van der Waals surface area contributed by atoms with E-state index in [1.165, 1.54) is 0 Å². The number of hydrogen-bond acceptors (Lipinski definition) is 5. The van der Waals surface area contributed by atoms with Crippen molar-refractivity contribution in [1.82, 2.24) is 9.88 Å². The zero-order valence-electron chi connectivity index (χ0n) is 13.4. The molecule has 0 spiro atoms. The molecular weight excluding hydrogens is 306 g/mol. The first-order valence-electron chi connectivity index (χ1n) is 8.06. The van der Waals surface area contributed by atoms with Gasteiger partial charge in [0.2, 0.25) is 5.88 Å². The zero-order valence-corrected chi connectivity index (χ0v) is 13.4. The Bertz CT molecular complexity index is 653. The van der Waals surface area contributed by atoms with E-state index in [0.29, 0.717) is 30.5 Å². The first-order chi connectivity index (χ1) is 11.7. The molecule has 6 heteroatoms. The monoisotopic (exact) mass is 327 g/mol. The number of hydrogen-bond donors (Lipinski definition) is 1. The zero-order chi connectivity index (χ0) is 16.8. The number of aromatic nitrogens is 1. The highest BCUT2D eigenvalue weighted by atomic mass is 16.5. The van der Waals surface area contributed by atoms with Crippen molar-refractivity contribution in [3.63, 3.8) is 0 Å². The van der Waals surface area contributed by atoms with Crippen molar-refractivity contribution in [1.29, 1.82) is 0 Å². The molecule has 0 bridgehead atoms. The van der Waals surface area contributed by atoms with Gasteiger partial charge in [0.1, 0.15) is 11.5 Å². The van der Waals surface area contributed by atoms with Gasteiger partial charge in [-0.05, 0) is 43.2 Å². The number of carbonyl (C=O) groups is 1. The van der Waals surface area contributed by atoms with Gasteiger partial charge < -0.3 is 20.1 Å². The molecule has 126 valence electrons. The largest absolute Gasteiger partial charge is 0.484 e. The number of amides is 1. The molecule has 2 N–H and O–H groups in total. The quantitative estimate of drug-likeness (QED) is 0.911. The topological polar surface area (TPSA) is 77.7 Å². The number of nitrogens with two attached hydrogens (primary N) is 1. The molecule has 2 aromatic rings. The number of benzene rings is 1. The minimum absolute atomic E-state index is 0.00397. The summed E-state index contributed by atoms with van der Waals surface area (Å²) in [5, 5.41) is 0. The van der Waals surface area contributed by atoms with E-state index in [0.717, 1.165) is 12.8 Å². The SMILES string of the molecule is NC1CCN(C(=O)COc2ccc(Oc3ccccn3)cc2)CC1. The van der Waals surface area contributed by atoms with Crippen LogP contribution < -0.4 is 15.2 Å². The standard InChI is InChI=1S/C18H21N3O3/c19-14-8-11-21(12-9-14)18(22)13-23-15-4-6-16(7-5-15)24-17-3-1-2-10-20-17/h1-7,10,14H,8-9,11-13,19H2. The molecule has 0 atom stereocenters. The fourth-order valence-electron chi connectivity index (χ4n) is 2.52. The van der Waals surface area contributed by atoms with Gasteiger partial charge in [-0.15, -0.1) is 0 Å². The Kier molecular flexibility index (Phi) is 5.28. The lowest BCUT2D eigenvalue weighted by Crippen LogP contribution is -2.44. The summed E-state index contributed by atoms with van der Waals surface area (Å²) >= 11 is 0. The van der Waals surface area contributed by atoms with Crippen molar-refractivity contribution in [3.8, 4) is 17.4 Å². The van der Waals surface area contributed by atoms with Gasteiger partial charge in [0.15, 0.2) is 6.61 Å². The van der Waals surface area contributed by atoms with E-state index in [9.17, 15) is 4.79 Å². The molecule has 0 aliphatic carbocycles. The maximum absolute atomic E-state index is 12.1. The summed E-state index contributed by atoms with van der Waals surface area (Å²) in [5.41, 5.74) is 5.85. The van der Waals surface area contributed by atoms with Gasteiger partial charge >= 0.3 is 0 Å². The molecule has 0 unspecified atom stereocenters. The van der Waals surface area contributed by atoms with Gasteiger partial charge in [0, 0.05) is 31.4 Å². The molecule has 3 rings (SSSR count). The summed E-state index contributed by atoms with van der Waals surface area (Å²) in [6, 6.07) is 12.8. The van der Waals surface area contributed by atoms with Crippen LogP contribution in [-0.4, -0.2) is 41.5 Å². The lowest BCUT2D eigenvalue weighted by atomic mass is 10.1. The molecule has 1 aliphatic heterocycles. The van der Waals surface area contributed by atoms with E-state index in [1.54, 1.807) is 36.5 Å². The molecule has 0 saturated carbocycles. The van der Waals surface area contributed by atoms with E-state index in [4.69, 9.17) is 15.2 Å². The Morgan fingerprint density at radius 2 is 1.83 bits per heavy atom. The molecule has 24 heavy (non-hydrogen) atoms. The summed E-state index contributed by atoms with van der Waals surface area (Å²) < 4.78 is 11.2. The third kappa shape index (κ3) is 4.45. The summed E-state index contributed by atoms with van der Waals surface area (Å²) in [6.07, 6.45) is 3.38. The molecule has 1 aromatic heterocycles. The number of ether oxygens (including phenoxy) is 2. The second-order valence-corrected chi connectivity index (χ2v) is 5.75. The van der Waals surface area contributed by atoms with Gasteiger partial charge in [-0.3, -0.25) is 4.79 Å². The summed E-state index contributed by atoms with van der Waals surface area (Å²) in [7, 11) is 0. The predicted octanol–water partition coefficient (Wildman–Crippen LogP) is 2.20. The molecule has 0 radical (unpaired) electrons. The van der Waals surface area contributed by atoms with E-state index in [1.807, 2.05) is 17.0 Å². The van der Waals surface area contributed by atoms with Crippen LogP contribution in [-0.2, 0) is 4.79 Å². The van der Waals surface area contributed by atoms with Crippen molar-refractivity contribution < 1.29 is 14.3 Å². The second kappa shape index (κ2) is 7.79. The van der Waals surface area contributed by atoms with Gasteiger partial charge in [-0.2, -0.15) is 0 Å². The first-order valence-corrected chi connectivity index (χ1v) is 8.06. The highest BCUT2D eigenvalue weighted by molar-refractivity contribution is 5.77. The number of likely N-dealkylation sites (tertiary alicyclic amines) is 1. The average molecular weight is 327 g/mol. The fraction of sp³-hybridized carbons (Fsp3) is 0.333. The molecule has 1 saturated heterocycles. The lowest BCUT2D eigenvalue weighted by molar-refractivity contribution is -0.134. The maximum atomic E-state index is 12.1. The molecule has 2 heterocycles. The van der Waals surface area contributed by atoms with Gasteiger partial charge in [-0.25, -0.2) is 4.98 Å². The summed E-state index contributed by atoms with van der Waals surface area (Å²) in [6.45, 7) is 1.45. The van der Waals surface area contributed by atoms with Crippen LogP contribution in [0.15, 0.2) is 48.7 Å². The Labute approximate surface area is 141 Å². The Morgan fingerprint density at radius 1 is 1.12 bits per heavy atom. The van der Waals surface area contributed by atoms with Crippen molar-refractivity contribution in [2.45, 2.75) is 18.9 Å². The molecule has 1 fully saturated rings. The van der Waals surface area contributed by atoms with Crippen LogP contribution >= 0.6 is 0 Å². The number of rotatable bonds is 5. The minimum Gasteiger partial charge on any atom is -0.484 e. The third-order valence-corrected chi connectivity index (χ3v) is 3.94. The second-order valence-electron chi connectivity index (χ2n) is 5.75. The fourth-order valence-corrected chi connectivity index (χ4v) is 2.52. The Morgan fingerprint density at radius 3 is 2.50 bits per heavy atom. The van der Waals surface area contributed by atoms with Crippen LogP contribution in [0.4, 0.5) is 0 Å². The molecule has 6 nitrogen and oxygen atoms in total. The predicted molar refractivity (Wildman–Crippen MR) is 90.0 cm³/mol. The molecule has 1 aromatic carbocycles. The van der Waals surface area contributed by atoms with E-state index in [2.05, 4.69) is 4.98 Å². The molecular formula is C18H21N3O3. The van der Waals surface area contributed by atoms with E-state index in [-0.39, 0.29) is 18.6 Å². The van der Waals surface area contributed by atoms with Crippen molar-refractivity contribution >= 4 is 5.91 Å². The van der Waals surface area contributed by atoms with Crippen molar-refractivity contribution in [2.75, 3.05) is 19.7 Å². The highest BCUT2D eigenvalue weighted by Gasteiger charge is 2.20. The van der Waals surface area contributed by atoms with Gasteiger partial charge in [0.05, 0.1) is 0 Å². The normalized spacial score (nSPS) is 15.1. The number of carbonyl (C=O) groups excluding carboxylic acids is 1. The van der Waals surface area contributed by atoms with Crippen molar-refractivity contribution in [3.05, 3.63) is 48.7 Å². The average Bonchev–Trinajstić information content (AvgIpc) is 2.62. The number of piperidine rings is 1. The number of pyridine rings is 1. The van der Waals surface area contributed by atoms with Gasteiger partial charge in [0.25, 0.3) is 5.91 Å². The van der Waals surface area contributed by atoms with Crippen LogP contribution in [0.25, 0.3) is 0 Å². The number of nitrogens with zero attached hydrogens (tertiary/aromatic N) is 2. The van der Waals surface area contributed by atoms with E-state index >= 15 is 0 Å². The maximum Gasteiger partial charge on any atom is 0.260 e. The van der Waals surface area contributed by atoms with Crippen LogP contribution in [0.2, 0.25) is 0 Å². The van der Waals surface area contributed by atoms with Crippen LogP contribution in [0.1, 0.15) is 12.8 Å². The highest BCUT2D eigenvalue weighted by Crippen LogP contribution is 2.22. The molecule has 1 aliphatic rings. The van der Waals surface area contributed by atoms with E-state index < -0.39 is 0 Å². The summed E-state index contributed by atoms with van der Waals surface area (Å²) in [4.78, 5) is 18.0.